The van der Waals surface area contributed by atoms with Crippen molar-refractivity contribution in [1.82, 2.24) is 0 Å². The third-order valence-corrected chi connectivity index (χ3v) is 15.1. The Morgan fingerprint density at radius 3 is 1.68 bits per heavy atom. The minimum absolute atomic E-state index is 0.157. The van der Waals surface area contributed by atoms with Crippen molar-refractivity contribution < 1.29 is 4.42 Å². The highest BCUT2D eigenvalue weighted by atomic mass is 16.3. The summed E-state index contributed by atoms with van der Waals surface area (Å²) in [6.07, 6.45) is 0. The zero-order valence-corrected chi connectivity index (χ0v) is 36.7. The summed E-state index contributed by atoms with van der Waals surface area (Å²) < 4.78 is 6.34. The van der Waals surface area contributed by atoms with E-state index in [9.17, 15) is 0 Å². The zero-order chi connectivity index (χ0) is 43.7. The van der Waals surface area contributed by atoms with Gasteiger partial charge in [0.1, 0.15) is 11.2 Å². The van der Waals surface area contributed by atoms with Crippen LogP contribution in [0.2, 0.25) is 0 Å². The fourth-order valence-electron chi connectivity index (χ4n) is 12.2. The number of para-hydroxylation sites is 1. The first-order chi connectivity index (χ1) is 32.5. The number of rotatable bonds is 5. The molecule has 0 fully saturated rings. The lowest BCUT2D eigenvalue weighted by atomic mass is 9.70. The normalized spacial score (nSPS) is 15.6. The van der Waals surface area contributed by atoms with Crippen LogP contribution < -0.4 is 4.90 Å². The molecule has 0 radical (unpaired) electrons. The minimum atomic E-state index is -0.509. The lowest BCUT2D eigenvalue weighted by molar-refractivity contribution is 0.660. The average molecular weight is 842 g/mol. The van der Waals surface area contributed by atoms with Gasteiger partial charge in [0.25, 0.3) is 0 Å². The average Bonchev–Trinajstić information content (AvgIpc) is 4.06. The summed E-state index contributed by atoms with van der Waals surface area (Å²) in [7, 11) is 0. The highest BCUT2D eigenvalue weighted by Gasteiger charge is 2.53. The van der Waals surface area contributed by atoms with E-state index >= 15 is 0 Å². The summed E-state index contributed by atoms with van der Waals surface area (Å²) in [5.41, 5.74) is 25.1. The Morgan fingerprint density at radius 2 is 0.894 bits per heavy atom. The van der Waals surface area contributed by atoms with Crippen LogP contribution in [0.3, 0.4) is 0 Å². The predicted octanol–water partition coefficient (Wildman–Crippen LogP) is 17.0. The van der Waals surface area contributed by atoms with E-state index in [4.69, 9.17) is 4.42 Å². The Hall–Kier alpha value is -8.20. The summed E-state index contributed by atoms with van der Waals surface area (Å²) in [6, 6.07) is 83.3. The Kier molecular flexibility index (Phi) is 7.70. The van der Waals surface area contributed by atoms with E-state index in [1.807, 2.05) is 12.1 Å². The van der Waals surface area contributed by atoms with Gasteiger partial charge in [-0.2, -0.15) is 0 Å². The number of nitrogens with zero attached hydrogens (tertiary/aromatic N) is 1. The van der Waals surface area contributed by atoms with Gasteiger partial charge >= 0.3 is 0 Å². The number of hydrogen-bond donors (Lipinski definition) is 0. The highest BCUT2D eigenvalue weighted by Crippen LogP contribution is 2.66. The molecule has 0 amide bonds. The molecule has 0 N–H and O–H groups in total. The van der Waals surface area contributed by atoms with Crippen molar-refractivity contribution in [3.05, 3.63) is 258 Å². The van der Waals surface area contributed by atoms with Crippen LogP contribution in [0.4, 0.5) is 17.1 Å². The van der Waals surface area contributed by atoms with Gasteiger partial charge in [-0.3, -0.25) is 0 Å². The quantitative estimate of drug-likeness (QED) is 0.172. The van der Waals surface area contributed by atoms with Crippen LogP contribution in [-0.2, 0) is 10.8 Å². The van der Waals surface area contributed by atoms with Crippen molar-refractivity contribution in [3.8, 4) is 55.6 Å². The fraction of sp³-hybridized carbons (Fsp3) is 0.0625. The van der Waals surface area contributed by atoms with Gasteiger partial charge in [0.15, 0.2) is 0 Å². The molecule has 0 aliphatic heterocycles. The van der Waals surface area contributed by atoms with Crippen molar-refractivity contribution in [2.24, 2.45) is 0 Å². The van der Waals surface area contributed by atoms with Gasteiger partial charge in [0, 0.05) is 33.1 Å². The van der Waals surface area contributed by atoms with E-state index in [-0.39, 0.29) is 5.41 Å². The molecule has 1 atom stereocenters. The van der Waals surface area contributed by atoms with E-state index in [1.54, 1.807) is 0 Å². The monoisotopic (exact) mass is 841 g/mol. The largest absolute Gasteiger partial charge is 0.456 e. The molecule has 310 valence electrons. The van der Waals surface area contributed by atoms with E-state index in [2.05, 4.69) is 231 Å². The molecule has 3 aliphatic rings. The second-order valence-electron chi connectivity index (χ2n) is 18.7. The van der Waals surface area contributed by atoms with E-state index in [0.717, 1.165) is 50.1 Å². The van der Waals surface area contributed by atoms with Gasteiger partial charge < -0.3 is 9.32 Å². The maximum Gasteiger partial charge on any atom is 0.136 e. The maximum atomic E-state index is 6.34. The molecule has 1 aromatic heterocycles. The molecule has 1 spiro atoms. The van der Waals surface area contributed by atoms with Gasteiger partial charge in [-0.25, -0.2) is 0 Å². The predicted molar refractivity (Wildman–Crippen MR) is 273 cm³/mol. The Labute approximate surface area is 384 Å². The fourth-order valence-corrected chi connectivity index (χ4v) is 12.2. The number of furan rings is 1. The van der Waals surface area contributed by atoms with Crippen LogP contribution in [0.25, 0.3) is 77.6 Å². The van der Waals surface area contributed by atoms with Gasteiger partial charge in [0.2, 0.25) is 0 Å². The van der Waals surface area contributed by atoms with Crippen LogP contribution in [-0.4, -0.2) is 0 Å². The Balaban J connectivity index is 0.998. The molecule has 2 heteroatoms. The van der Waals surface area contributed by atoms with E-state index < -0.39 is 5.41 Å². The van der Waals surface area contributed by atoms with Crippen molar-refractivity contribution >= 4 is 39.0 Å². The lowest BCUT2D eigenvalue weighted by Crippen LogP contribution is -2.26. The minimum Gasteiger partial charge on any atom is -0.456 e. The first kappa shape index (κ1) is 37.2. The van der Waals surface area contributed by atoms with Crippen LogP contribution in [0.5, 0.6) is 0 Å². The molecule has 1 heterocycles. The molecule has 10 aromatic carbocycles. The number of anilines is 3. The van der Waals surface area contributed by atoms with Crippen LogP contribution in [0, 0.1) is 0 Å². The van der Waals surface area contributed by atoms with Gasteiger partial charge in [0.05, 0.1) is 11.1 Å². The molecular formula is C64H43NO. The molecule has 1 unspecified atom stereocenters. The summed E-state index contributed by atoms with van der Waals surface area (Å²) >= 11 is 0. The molecule has 11 aromatic rings. The van der Waals surface area contributed by atoms with Crippen molar-refractivity contribution in [1.29, 1.82) is 0 Å². The summed E-state index contributed by atoms with van der Waals surface area (Å²) in [4.78, 5) is 2.52. The molecule has 14 rings (SSSR count). The summed E-state index contributed by atoms with van der Waals surface area (Å²) in [6.45, 7) is 4.75. The SMILES string of the molecule is CC1(C)c2ccccc2-c2ccc(N(c3ccc(-c4ccc5c(c4)oc4ccccc45)cc3)c3cccc4c3-c3ccccc3C43c4ccccc4-c4c(-c5ccccc5)cccc43)cc21. The van der Waals surface area contributed by atoms with Gasteiger partial charge in [-0.15, -0.1) is 0 Å². The summed E-state index contributed by atoms with van der Waals surface area (Å²) in [5, 5.41) is 2.28. The third kappa shape index (κ3) is 4.96. The standard InChI is InChI=1S/C64H43NO/c1-63(2)52-23-10-6-18-46(52)47-37-35-44(39-57(47)63)65(43-33-30-40(31-34-43)42-32-36-49-48-19-9-13-29-59(48)66-60(49)38-42)58-28-15-27-56-62(58)51-21-8-12-25-54(51)64(56)53-24-11-7-20-50(53)61-45(22-14-26-55(61)64)41-16-4-3-5-17-41/h3-39H,1-2H3. The zero-order valence-electron chi connectivity index (χ0n) is 36.7. The topological polar surface area (TPSA) is 16.4 Å². The molecular weight excluding hydrogens is 799 g/mol. The van der Waals surface area contributed by atoms with Crippen LogP contribution >= 0.6 is 0 Å². The second-order valence-corrected chi connectivity index (χ2v) is 18.7. The molecule has 2 nitrogen and oxygen atoms in total. The second kappa shape index (κ2) is 13.7. The maximum absolute atomic E-state index is 6.34. The highest BCUT2D eigenvalue weighted by molar-refractivity contribution is 6.06. The molecule has 3 aliphatic carbocycles. The Bertz CT molecular complexity index is 3800. The van der Waals surface area contributed by atoms with Crippen molar-refractivity contribution in [3.63, 3.8) is 0 Å². The molecule has 0 saturated carbocycles. The molecule has 0 bridgehead atoms. The smallest absolute Gasteiger partial charge is 0.136 e. The van der Waals surface area contributed by atoms with Crippen LogP contribution in [0.1, 0.15) is 47.2 Å². The first-order valence-electron chi connectivity index (χ1n) is 23.1. The first-order valence-corrected chi connectivity index (χ1v) is 23.1. The molecule has 66 heavy (non-hydrogen) atoms. The van der Waals surface area contributed by atoms with E-state index in [1.165, 1.54) is 77.9 Å². The Morgan fingerprint density at radius 1 is 0.333 bits per heavy atom. The third-order valence-electron chi connectivity index (χ3n) is 15.1. The number of fused-ring (bicyclic) bond motifs is 16. The van der Waals surface area contributed by atoms with Crippen molar-refractivity contribution in [2.75, 3.05) is 4.90 Å². The molecule has 0 saturated heterocycles. The van der Waals surface area contributed by atoms with Gasteiger partial charge in [-0.1, -0.05) is 190 Å². The summed E-state index contributed by atoms with van der Waals surface area (Å²) in [5.74, 6) is 0. The lowest BCUT2D eigenvalue weighted by Gasteiger charge is -2.32. The van der Waals surface area contributed by atoms with Gasteiger partial charge in [-0.05, 0) is 132 Å². The van der Waals surface area contributed by atoms with Crippen LogP contribution in [0.15, 0.2) is 229 Å². The van der Waals surface area contributed by atoms with Crippen molar-refractivity contribution in [2.45, 2.75) is 24.7 Å². The van der Waals surface area contributed by atoms with E-state index in [0.29, 0.717) is 0 Å². The number of hydrogen-bond acceptors (Lipinski definition) is 2. The number of benzene rings is 10.